The number of para-hydroxylation sites is 2. The van der Waals surface area contributed by atoms with Crippen LogP contribution in [0.1, 0.15) is 20.1 Å². The van der Waals surface area contributed by atoms with Crippen molar-refractivity contribution >= 4 is 28.6 Å². The van der Waals surface area contributed by atoms with Crippen LogP contribution < -0.4 is 10.6 Å². The molecule has 0 aliphatic rings. The van der Waals surface area contributed by atoms with Crippen LogP contribution in [0.4, 0.5) is 11.4 Å². The van der Waals surface area contributed by atoms with Crippen molar-refractivity contribution in [2.75, 3.05) is 10.6 Å². The molecule has 0 spiro atoms. The quantitative estimate of drug-likeness (QED) is 0.700. The lowest BCUT2D eigenvalue weighted by molar-refractivity contribution is 0.102. The first-order valence-electron chi connectivity index (χ1n) is 7.47. The van der Waals surface area contributed by atoms with Gasteiger partial charge in [0.25, 0.3) is 5.91 Å². The molecule has 0 aliphatic heterocycles. The summed E-state index contributed by atoms with van der Waals surface area (Å²) >= 11 is 1.76. The first kappa shape index (κ1) is 15.3. The highest BCUT2D eigenvalue weighted by molar-refractivity contribution is 7.11. The van der Waals surface area contributed by atoms with E-state index in [2.05, 4.69) is 29.7 Å². The summed E-state index contributed by atoms with van der Waals surface area (Å²) in [6.45, 7) is 2.81. The van der Waals surface area contributed by atoms with Crippen LogP contribution in [0.3, 0.4) is 0 Å². The highest BCUT2D eigenvalue weighted by atomic mass is 32.1. The zero-order chi connectivity index (χ0) is 16.1. The second kappa shape index (κ2) is 7.11. The lowest BCUT2D eigenvalue weighted by Crippen LogP contribution is -2.14. The minimum atomic E-state index is -0.110. The Kier molecular flexibility index (Phi) is 4.74. The third-order valence-electron chi connectivity index (χ3n) is 3.45. The van der Waals surface area contributed by atoms with Crippen LogP contribution in [0.15, 0.2) is 66.7 Å². The number of hydrogen-bond acceptors (Lipinski definition) is 3. The van der Waals surface area contributed by atoms with Gasteiger partial charge in [-0.25, -0.2) is 0 Å². The van der Waals surface area contributed by atoms with E-state index >= 15 is 0 Å². The van der Waals surface area contributed by atoms with Gasteiger partial charge in [0.1, 0.15) is 0 Å². The third-order valence-corrected chi connectivity index (χ3v) is 4.45. The number of hydrogen-bond donors (Lipinski definition) is 2. The van der Waals surface area contributed by atoms with Crippen molar-refractivity contribution in [2.24, 2.45) is 0 Å². The minimum Gasteiger partial charge on any atom is -0.380 e. The zero-order valence-electron chi connectivity index (χ0n) is 12.9. The molecule has 0 unspecified atom stereocenters. The van der Waals surface area contributed by atoms with E-state index in [9.17, 15) is 4.79 Å². The summed E-state index contributed by atoms with van der Waals surface area (Å²) < 4.78 is 0. The normalized spacial score (nSPS) is 10.3. The van der Waals surface area contributed by atoms with Crippen molar-refractivity contribution in [3.05, 3.63) is 82.0 Å². The van der Waals surface area contributed by atoms with Crippen molar-refractivity contribution in [1.82, 2.24) is 0 Å². The zero-order valence-corrected chi connectivity index (χ0v) is 13.7. The van der Waals surface area contributed by atoms with Crippen molar-refractivity contribution in [1.29, 1.82) is 0 Å². The molecule has 0 bridgehead atoms. The molecular formula is C19H18N2OS. The Bertz CT molecular complexity index is 796. The molecule has 4 heteroatoms. The van der Waals surface area contributed by atoms with Gasteiger partial charge >= 0.3 is 0 Å². The van der Waals surface area contributed by atoms with Gasteiger partial charge in [0.05, 0.1) is 5.56 Å². The Balaban J connectivity index is 1.73. The van der Waals surface area contributed by atoms with Crippen molar-refractivity contribution in [3.63, 3.8) is 0 Å². The molecule has 3 aromatic rings. The van der Waals surface area contributed by atoms with Gasteiger partial charge in [-0.15, -0.1) is 11.3 Å². The summed E-state index contributed by atoms with van der Waals surface area (Å²) in [5.74, 6) is -0.110. The second-order valence-corrected chi connectivity index (χ2v) is 6.60. The number of carbonyl (C=O) groups excluding carboxylic acids is 1. The predicted octanol–water partition coefficient (Wildman–Crippen LogP) is 4.92. The van der Waals surface area contributed by atoms with E-state index < -0.39 is 0 Å². The van der Waals surface area contributed by atoms with E-state index in [1.165, 1.54) is 9.75 Å². The fourth-order valence-corrected chi connectivity index (χ4v) is 3.15. The molecule has 1 amide bonds. The Hall–Kier alpha value is -2.59. The van der Waals surface area contributed by atoms with Gasteiger partial charge < -0.3 is 10.6 Å². The number of aryl methyl sites for hydroxylation is 1. The molecule has 3 rings (SSSR count). The molecule has 2 aromatic carbocycles. The Morgan fingerprint density at radius 2 is 1.70 bits per heavy atom. The highest BCUT2D eigenvalue weighted by Crippen LogP contribution is 2.20. The molecule has 1 heterocycles. The molecule has 116 valence electrons. The van der Waals surface area contributed by atoms with Gasteiger partial charge in [-0.2, -0.15) is 0 Å². The Morgan fingerprint density at radius 1 is 0.957 bits per heavy atom. The van der Waals surface area contributed by atoms with Gasteiger partial charge in [-0.3, -0.25) is 4.79 Å². The van der Waals surface area contributed by atoms with E-state index in [4.69, 9.17) is 0 Å². The lowest BCUT2D eigenvalue weighted by Gasteiger charge is -2.11. The fourth-order valence-electron chi connectivity index (χ4n) is 2.32. The number of thiophene rings is 1. The minimum absolute atomic E-state index is 0.110. The largest absolute Gasteiger partial charge is 0.380 e. The molecule has 0 saturated heterocycles. The van der Waals surface area contributed by atoms with Gasteiger partial charge in [0.15, 0.2) is 0 Å². The summed E-state index contributed by atoms with van der Waals surface area (Å²) in [6.07, 6.45) is 0. The van der Waals surface area contributed by atoms with Crippen LogP contribution in [0.25, 0.3) is 0 Å². The smallest absolute Gasteiger partial charge is 0.257 e. The van der Waals surface area contributed by atoms with Gasteiger partial charge in [0.2, 0.25) is 0 Å². The first-order chi connectivity index (χ1) is 11.2. The average molecular weight is 322 g/mol. The lowest BCUT2D eigenvalue weighted by atomic mass is 10.1. The maximum atomic E-state index is 12.5. The average Bonchev–Trinajstić information content (AvgIpc) is 2.99. The van der Waals surface area contributed by atoms with E-state index in [1.54, 1.807) is 11.3 Å². The molecule has 1 aromatic heterocycles. The number of rotatable bonds is 5. The van der Waals surface area contributed by atoms with Gasteiger partial charge in [-0.1, -0.05) is 30.3 Å². The number of anilines is 2. The molecule has 0 aliphatic carbocycles. The monoisotopic (exact) mass is 322 g/mol. The SMILES string of the molecule is Cc1ccc(CNc2ccccc2C(=O)Nc2ccccc2)s1. The summed E-state index contributed by atoms with van der Waals surface area (Å²) in [5, 5.41) is 6.28. The van der Waals surface area contributed by atoms with Crippen molar-refractivity contribution in [3.8, 4) is 0 Å². The van der Waals surface area contributed by atoms with Gasteiger partial charge in [0, 0.05) is 27.7 Å². The maximum Gasteiger partial charge on any atom is 0.257 e. The fraction of sp³-hybridized carbons (Fsp3) is 0.105. The Labute approximate surface area is 140 Å². The Morgan fingerprint density at radius 3 is 2.43 bits per heavy atom. The number of nitrogens with one attached hydrogen (secondary N) is 2. The van der Waals surface area contributed by atoms with Crippen LogP contribution in [0.5, 0.6) is 0 Å². The summed E-state index contributed by atoms with van der Waals surface area (Å²) in [7, 11) is 0. The molecule has 0 saturated carbocycles. The molecule has 3 nitrogen and oxygen atoms in total. The number of benzene rings is 2. The molecular weight excluding hydrogens is 304 g/mol. The molecule has 0 fully saturated rings. The van der Waals surface area contributed by atoms with Gasteiger partial charge in [-0.05, 0) is 43.3 Å². The van der Waals surface area contributed by atoms with E-state index in [-0.39, 0.29) is 5.91 Å². The van der Waals surface area contributed by atoms with Crippen LogP contribution >= 0.6 is 11.3 Å². The number of carbonyl (C=O) groups is 1. The van der Waals surface area contributed by atoms with Crippen molar-refractivity contribution < 1.29 is 4.79 Å². The summed E-state index contributed by atoms with van der Waals surface area (Å²) in [6, 6.07) is 21.3. The topological polar surface area (TPSA) is 41.1 Å². The van der Waals surface area contributed by atoms with Crippen LogP contribution in [-0.4, -0.2) is 5.91 Å². The standard InChI is InChI=1S/C19H18N2OS/c1-14-11-12-16(23-14)13-20-18-10-6-5-9-17(18)19(22)21-15-7-3-2-4-8-15/h2-12,20H,13H2,1H3,(H,21,22). The third kappa shape index (κ3) is 3.99. The molecule has 2 N–H and O–H groups in total. The number of amides is 1. The van der Waals surface area contributed by atoms with Crippen molar-refractivity contribution in [2.45, 2.75) is 13.5 Å². The summed E-state index contributed by atoms with van der Waals surface area (Å²) in [5.41, 5.74) is 2.28. The summed E-state index contributed by atoms with van der Waals surface area (Å²) in [4.78, 5) is 15.0. The second-order valence-electron chi connectivity index (χ2n) is 5.23. The maximum absolute atomic E-state index is 12.5. The predicted molar refractivity (Wildman–Crippen MR) is 97.2 cm³/mol. The van der Waals surface area contributed by atoms with E-state index in [0.29, 0.717) is 12.1 Å². The molecule has 23 heavy (non-hydrogen) atoms. The van der Waals surface area contributed by atoms with Crippen LogP contribution in [0, 0.1) is 6.92 Å². The molecule has 0 atom stereocenters. The first-order valence-corrected chi connectivity index (χ1v) is 8.28. The van der Waals surface area contributed by atoms with Crippen LogP contribution in [-0.2, 0) is 6.54 Å². The van der Waals surface area contributed by atoms with E-state index in [1.807, 2.05) is 54.6 Å². The van der Waals surface area contributed by atoms with Crippen LogP contribution in [0.2, 0.25) is 0 Å². The molecule has 0 radical (unpaired) electrons. The van der Waals surface area contributed by atoms with E-state index in [0.717, 1.165) is 11.4 Å². The highest BCUT2D eigenvalue weighted by Gasteiger charge is 2.11.